The molecule has 0 heterocycles. The van der Waals surface area contributed by atoms with Crippen molar-refractivity contribution in [2.24, 2.45) is 5.92 Å². The fourth-order valence-corrected chi connectivity index (χ4v) is 1.99. The molecule has 0 bridgehead atoms. The number of amides is 1. The van der Waals surface area contributed by atoms with Gasteiger partial charge in [-0.1, -0.05) is 39.8 Å². The first-order valence-corrected chi connectivity index (χ1v) is 7.17. The predicted molar refractivity (Wildman–Crippen MR) is 83.4 cm³/mol. The van der Waals surface area contributed by atoms with Crippen LogP contribution in [0.25, 0.3) is 0 Å². The molecule has 3 N–H and O–H groups in total. The molecule has 0 aromatic heterocycles. The van der Waals surface area contributed by atoms with Gasteiger partial charge < -0.3 is 10.4 Å². The van der Waals surface area contributed by atoms with Crippen LogP contribution >= 0.6 is 0 Å². The minimum atomic E-state index is -0.945. The lowest BCUT2D eigenvalue weighted by Crippen LogP contribution is -2.44. The number of carbonyl (C=O) groups excluding carboxylic acids is 1. The molecule has 0 aliphatic carbocycles. The van der Waals surface area contributed by atoms with Gasteiger partial charge in [0.05, 0.1) is 6.54 Å². The summed E-state index contributed by atoms with van der Waals surface area (Å²) in [6, 6.07) is 6.93. The number of carbonyl (C=O) groups is 2. The topological polar surface area (TPSA) is 78.4 Å². The summed E-state index contributed by atoms with van der Waals surface area (Å²) in [5.74, 6) is -0.890. The Morgan fingerprint density at radius 3 is 2.38 bits per heavy atom. The van der Waals surface area contributed by atoms with E-state index in [9.17, 15) is 9.59 Å². The third-order valence-corrected chi connectivity index (χ3v) is 3.25. The van der Waals surface area contributed by atoms with Crippen molar-refractivity contribution in [1.82, 2.24) is 5.32 Å². The summed E-state index contributed by atoms with van der Waals surface area (Å²) in [5, 5.41) is 14.6. The van der Waals surface area contributed by atoms with Crippen LogP contribution in [0.4, 0.5) is 5.69 Å². The van der Waals surface area contributed by atoms with Crippen molar-refractivity contribution in [3.8, 4) is 0 Å². The minimum absolute atomic E-state index is 0.0267. The van der Waals surface area contributed by atoms with Crippen LogP contribution in [-0.4, -0.2) is 29.6 Å². The van der Waals surface area contributed by atoms with Crippen LogP contribution < -0.4 is 10.6 Å². The van der Waals surface area contributed by atoms with Crippen molar-refractivity contribution in [2.75, 3.05) is 11.9 Å². The van der Waals surface area contributed by atoms with E-state index in [0.29, 0.717) is 5.92 Å². The van der Waals surface area contributed by atoms with Crippen LogP contribution in [0.5, 0.6) is 0 Å². The average molecular weight is 292 g/mol. The molecule has 1 unspecified atom stereocenters. The van der Waals surface area contributed by atoms with E-state index >= 15 is 0 Å². The van der Waals surface area contributed by atoms with Gasteiger partial charge in [-0.05, 0) is 29.5 Å². The molecule has 1 aromatic rings. The third-order valence-electron chi connectivity index (χ3n) is 3.25. The molecule has 1 aromatic carbocycles. The molecule has 1 amide bonds. The van der Waals surface area contributed by atoms with E-state index in [1.54, 1.807) is 13.8 Å². The zero-order chi connectivity index (χ0) is 16.0. The second-order valence-electron chi connectivity index (χ2n) is 5.77. The highest BCUT2D eigenvalue weighted by atomic mass is 16.4. The number of hydrogen-bond donors (Lipinski definition) is 3. The number of nitrogens with one attached hydrogen (secondary N) is 2. The van der Waals surface area contributed by atoms with Crippen molar-refractivity contribution in [3.05, 3.63) is 29.8 Å². The summed E-state index contributed by atoms with van der Waals surface area (Å²) in [7, 11) is 0. The highest BCUT2D eigenvalue weighted by molar-refractivity contribution is 5.92. The molecule has 21 heavy (non-hydrogen) atoms. The van der Waals surface area contributed by atoms with Crippen molar-refractivity contribution >= 4 is 17.6 Å². The van der Waals surface area contributed by atoms with Crippen molar-refractivity contribution in [3.63, 3.8) is 0 Å². The first-order valence-electron chi connectivity index (χ1n) is 7.17. The molecule has 0 fully saturated rings. The molecular formula is C16H24N2O3. The van der Waals surface area contributed by atoms with Gasteiger partial charge in [-0.3, -0.25) is 14.9 Å². The largest absolute Gasteiger partial charge is 0.480 e. The summed E-state index contributed by atoms with van der Waals surface area (Å²) >= 11 is 0. The molecule has 0 saturated carbocycles. The Morgan fingerprint density at radius 1 is 1.19 bits per heavy atom. The van der Waals surface area contributed by atoms with Gasteiger partial charge in [-0.2, -0.15) is 0 Å². The Labute approximate surface area is 125 Å². The van der Waals surface area contributed by atoms with E-state index in [-0.39, 0.29) is 18.4 Å². The van der Waals surface area contributed by atoms with Gasteiger partial charge in [0.2, 0.25) is 5.91 Å². The van der Waals surface area contributed by atoms with Gasteiger partial charge in [0.25, 0.3) is 0 Å². The van der Waals surface area contributed by atoms with E-state index in [4.69, 9.17) is 5.11 Å². The van der Waals surface area contributed by atoms with Crippen molar-refractivity contribution in [2.45, 2.75) is 39.7 Å². The lowest BCUT2D eigenvalue weighted by atomic mass is 10.0. The maximum atomic E-state index is 11.9. The molecule has 0 aliphatic heterocycles. The van der Waals surface area contributed by atoms with Crippen molar-refractivity contribution < 1.29 is 14.7 Å². The number of aliphatic carboxylic acids is 1. The summed E-state index contributed by atoms with van der Waals surface area (Å²) in [6.07, 6.45) is 0. The zero-order valence-corrected chi connectivity index (χ0v) is 13.0. The second kappa shape index (κ2) is 7.78. The van der Waals surface area contributed by atoms with Gasteiger partial charge in [0.15, 0.2) is 0 Å². The van der Waals surface area contributed by atoms with E-state index < -0.39 is 12.0 Å². The number of carboxylic acids is 1. The van der Waals surface area contributed by atoms with E-state index in [2.05, 4.69) is 24.5 Å². The van der Waals surface area contributed by atoms with E-state index in [1.165, 1.54) is 0 Å². The first kappa shape index (κ1) is 17.2. The molecule has 0 radical (unpaired) electrons. The number of anilines is 1. The fourth-order valence-electron chi connectivity index (χ4n) is 1.99. The fraction of sp³-hybridized carbons (Fsp3) is 0.500. The number of rotatable bonds is 7. The zero-order valence-electron chi connectivity index (χ0n) is 13.0. The third kappa shape index (κ3) is 5.55. The Kier molecular flexibility index (Phi) is 6.37. The van der Waals surface area contributed by atoms with Gasteiger partial charge in [0.1, 0.15) is 6.04 Å². The normalized spacial score (nSPS) is 12.5. The van der Waals surface area contributed by atoms with Gasteiger partial charge >= 0.3 is 5.97 Å². The van der Waals surface area contributed by atoms with E-state index in [0.717, 1.165) is 11.3 Å². The quantitative estimate of drug-likeness (QED) is 0.721. The lowest BCUT2D eigenvalue weighted by molar-refractivity contribution is -0.140. The molecule has 0 saturated heterocycles. The Morgan fingerprint density at radius 2 is 1.86 bits per heavy atom. The first-order chi connectivity index (χ1) is 9.81. The van der Waals surface area contributed by atoms with Crippen LogP contribution in [0.1, 0.15) is 39.2 Å². The number of hydrogen-bond acceptors (Lipinski definition) is 3. The monoisotopic (exact) mass is 292 g/mol. The molecule has 116 valence electrons. The predicted octanol–water partition coefficient (Wildman–Crippen LogP) is 2.45. The summed E-state index contributed by atoms with van der Waals surface area (Å²) in [4.78, 5) is 22.9. The van der Waals surface area contributed by atoms with Crippen LogP contribution in [0.2, 0.25) is 0 Å². The summed E-state index contributed by atoms with van der Waals surface area (Å²) in [6.45, 7) is 7.75. The number of benzene rings is 1. The standard InChI is InChI=1S/C16H24N2O3/c1-10(2)12-6-5-7-13(8-12)18-14(19)9-17-15(11(3)4)16(20)21/h5-8,10-11,15,17H,9H2,1-4H3,(H,18,19)(H,20,21). The molecule has 0 spiro atoms. The van der Waals surface area contributed by atoms with Gasteiger partial charge in [-0.25, -0.2) is 0 Å². The SMILES string of the molecule is CC(C)c1cccc(NC(=O)CNC(C(=O)O)C(C)C)c1. The second-order valence-corrected chi connectivity index (χ2v) is 5.77. The average Bonchev–Trinajstić information content (AvgIpc) is 2.38. The smallest absolute Gasteiger partial charge is 0.320 e. The lowest BCUT2D eigenvalue weighted by Gasteiger charge is -2.17. The maximum Gasteiger partial charge on any atom is 0.320 e. The molecule has 1 atom stereocenters. The molecule has 0 aliphatic rings. The van der Waals surface area contributed by atoms with Crippen LogP contribution in [0.15, 0.2) is 24.3 Å². The highest BCUT2D eigenvalue weighted by Gasteiger charge is 2.21. The summed E-state index contributed by atoms with van der Waals surface area (Å²) < 4.78 is 0. The molecular weight excluding hydrogens is 268 g/mol. The summed E-state index contributed by atoms with van der Waals surface area (Å²) in [5.41, 5.74) is 1.87. The molecule has 5 heteroatoms. The Bertz CT molecular complexity index is 498. The molecule has 5 nitrogen and oxygen atoms in total. The van der Waals surface area contributed by atoms with Gasteiger partial charge in [0, 0.05) is 5.69 Å². The Balaban J connectivity index is 2.58. The van der Waals surface area contributed by atoms with Crippen LogP contribution in [0, 0.1) is 5.92 Å². The number of carboxylic acid groups (broad SMARTS) is 1. The molecule has 1 rings (SSSR count). The Hall–Kier alpha value is -1.88. The van der Waals surface area contributed by atoms with Crippen molar-refractivity contribution in [1.29, 1.82) is 0 Å². The van der Waals surface area contributed by atoms with Gasteiger partial charge in [-0.15, -0.1) is 0 Å². The minimum Gasteiger partial charge on any atom is -0.480 e. The highest BCUT2D eigenvalue weighted by Crippen LogP contribution is 2.18. The van der Waals surface area contributed by atoms with E-state index in [1.807, 2.05) is 24.3 Å². The van der Waals surface area contributed by atoms with Crippen LogP contribution in [0.3, 0.4) is 0 Å². The maximum absolute atomic E-state index is 11.9. The van der Waals surface area contributed by atoms with Crippen LogP contribution in [-0.2, 0) is 9.59 Å².